The molecule has 5 nitrogen and oxygen atoms in total. The van der Waals surface area contributed by atoms with Gasteiger partial charge in [-0.15, -0.1) is 0 Å². The van der Waals surface area contributed by atoms with Crippen LogP contribution in [0.25, 0.3) is 0 Å². The van der Waals surface area contributed by atoms with Gasteiger partial charge in [0.1, 0.15) is 0 Å². The Kier molecular flexibility index (Phi) is 6.05. The molecule has 0 heterocycles. The van der Waals surface area contributed by atoms with Crippen molar-refractivity contribution >= 4 is 10.0 Å². The van der Waals surface area contributed by atoms with Gasteiger partial charge in [0.25, 0.3) is 0 Å². The largest absolute Gasteiger partial charge is 0.381 e. The Balaban J connectivity index is 1.92. The maximum atomic E-state index is 11.6. The molecule has 21 heavy (non-hydrogen) atoms. The third-order valence-electron chi connectivity index (χ3n) is 4.96. The molecule has 2 atom stereocenters. The second-order valence-electron chi connectivity index (χ2n) is 6.83. The van der Waals surface area contributed by atoms with Gasteiger partial charge in [-0.1, -0.05) is 19.3 Å². The summed E-state index contributed by atoms with van der Waals surface area (Å²) < 4.78 is 34.6. The van der Waals surface area contributed by atoms with Gasteiger partial charge in [0.2, 0.25) is 10.0 Å². The second kappa shape index (κ2) is 7.40. The molecule has 0 saturated heterocycles. The van der Waals surface area contributed by atoms with Crippen molar-refractivity contribution in [1.29, 1.82) is 0 Å². The monoisotopic (exact) mass is 319 g/mol. The van der Waals surface area contributed by atoms with Gasteiger partial charge in [-0.25, -0.2) is 13.6 Å². The van der Waals surface area contributed by atoms with Gasteiger partial charge in [-0.3, -0.25) is 0 Å². The number of primary sulfonamides is 1. The zero-order valence-electron chi connectivity index (χ0n) is 13.1. The van der Waals surface area contributed by atoms with Crippen molar-refractivity contribution < 1.29 is 17.9 Å². The van der Waals surface area contributed by atoms with E-state index in [-0.39, 0.29) is 23.4 Å². The minimum Gasteiger partial charge on any atom is -0.381 e. The third-order valence-corrected chi connectivity index (χ3v) is 5.97. The summed E-state index contributed by atoms with van der Waals surface area (Å²) >= 11 is 0. The topological polar surface area (TPSA) is 78.6 Å². The minimum absolute atomic E-state index is 0.0560. The minimum atomic E-state index is -3.46. The Labute approximate surface area is 128 Å². The summed E-state index contributed by atoms with van der Waals surface area (Å²) in [6, 6.07) is 0. The Morgan fingerprint density at radius 1 is 1.10 bits per heavy atom. The van der Waals surface area contributed by atoms with Crippen LogP contribution in [-0.4, -0.2) is 40.1 Å². The summed E-state index contributed by atoms with van der Waals surface area (Å²) in [5.41, 5.74) is -0.272. The van der Waals surface area contributed by atoms with Crippen LogP contribution in [0, 0.1) is 5.41 Å². The number of ether oxygens (including phenoxy) is 2. The first kappa shape index (κ1) is 17.2. The van der Waals surface area contributed by atoms with E-state index in [4.69, 9.17) is 14.6 Å². The molecule has 0 radical (unpaired) electrons. The highest BCUT2D eigenvalue weighted by atomic mass is 32.2. The molecule has 2 saturated carbocycles. The lowest BCUT2D eigenvalue weighted by Gasteiger charge is -2.38. The van der Waals surface area contributed by atoms with Crippen molar-refractivity contribution in [3.8, 4) is 0 Å². The fraction of sp³-hybridized carbons (Fsp3) is 1.00. The predicted octanol–water partition coefficient (Wildman–Crippen LogP) is 2.20. The van der Waals surface area contributed by atoms with Crippen molar-refractivity contribution in [3.63, 3.8) is 0 Å². The predicted molar refractivity (Wildman–Crippen MR) is 82.5 cm³/mol. The third kappa shape index (κ3) is 5.51. The molecule has 2 rings (SSSR count). The van der Waals surface area contributed by atoms with Crippen molar-refractivity contribution in [2.75, 3.05) is 19.5 Å². The molecule has 124 valence electrons. The van der Waals surface area contributed by atoms with E-state index in [1.807, 2.05) is 0 Å². The van der Waals surface area contributed by atoms with E-state index < -0.39 is 10.0 Å². The molecule has 0 aromatic heterocycles. The molecule has 0 aromatic rings. The van der Waals surface area contributed by atoms with Gasteiger partial charge in [-0.05, 0) is 38.5 Å². The van der Waals surface area contributed by atoms with Gasteiger partial charge >= 0.3 is 0 Å². The normalized spacial score (nSPS) is 30.2. The highest BCUT2D eigenvalue weighted by molar-refractivity contribution is 7.89. The fourth-order valence-corrected chi connectivity index (χ4v) is 5.05. The summed E-state index contributed by atoms with van der Waals surface area (Å²) in [6.07, 6.45) is 9.80. The maximum Gasteiger partial charge on any atom is 0.209 e. The standard InChI is InChI=1S/C15H29NO4S/c1-19-13-6-5-7-14(10-13)20-11-15(12-21(16,17)18)8-3-2-4-9-15/h13-14H,2-12H2,1H3,(H2,16,17,18). The molecule has 2 fully saturated rings. The van der Waals surface area contributed by atoms with Gasteiger partial charge in [0.05, 0.1) is 24.6 Å². The molecule has 2 aliphatic carbocycles. The summed E-state index contributed by atoms with van der Waals surface area (Å²) in [4.78, 5) is 0. The SMILES string of the molecule is COC1CCCC(OCC2(CS(N)(=O)=O)CCCCC2)C1. The molecular formula is C15H29NO4S. The van der Waals surface area contributed by atoms with E-state index >= 15 is 0 Å². The first-order valence-corrected chi connectivity index (χ1v) is 9.79. The molecule has 0 aromatic carbocycles. The zero-order chi connectivity index (χ0) is 15.3. The van der Waals surface area contributed by atoms with Crippen LogP contribution in [0.5, 0.6) is 0 Å². The highest BCUT2D eigenvalue weighted by Gasteiger charge is 2.37. The van der Waals surface area contributed by atoms with Gasteiger partial charge < -0.3 is 9.47 Å². The lowest BCUT2D eigenvalue weighted by atomic mass is 9.76. The fourth-order valence-electron chi connectivity index (χ4n) is 3.82. The smallest absolute Gasteiger partial charge is 0.209 e. The van der Waals surface area contributed by atoms with E-state index in [0.717, 1.165) is 51.4 Å². The number of hydrogen-bond acceptors (Lipinski definition) is 4. The Morgan fingerprint density at radius 2 is 1.76 bits per heavy atom. The van der Waals surface area contributed by atoms with Crippen LogP contribution in [0.15, 0.2) is 0 Å². The number of nitrogens with two attached hydrogens (primary N) is 1. The Bertz CT molecular complexity index is 417. The van der Waals surface area contributed by atoms with Gasteiger partial charge in [0.15, 0.2) is 0 Å². The molecule has 2 aliphatic rings. The van der Waals surface area contributed by atoms with Crippen LogP contribution >= 0.6 is 0 Å². The molecule has 6 heteroatoms. The van der Waals surface area contributed by atoms with E-state index in [0.29, 0.717) is 6.61 Å². The Hall–Kier alpha value is -0.170. The lowest BCUT2D eigenvalue weighted by Crippen LogP contribution is -2.41. The average Bonchev–Trinajstić information content (AvgIpc) is 2.45. The lowest BCUT2D eigenvalue weighted by molar-refractivity contribution is -0.0618. The molecule has 2 N–H and O–H groups in total. The van der Waals surface area contributed by atoms with Crippen molar-refractivity contribution in [2.24, 2.45) is 10.6 Å². The first-order valence-electron chi connectivity index (χ1n) is 8.07. The van der Waals surface area contributed by atoms with Crippen molar-refractivity contribution in [2.45, 2.75) is 70.0 Å². The molecule has 0 spiro atoms. The van der Waals surface area contributed by atoms with E-state index in [1.165, 1.54) is 6.42 Å². The van der Waals surface area contributed by atoms with Crippen LogP contribution < -0.4 is 5.14 Å². The number of sulfonamides is 1. The van der Waals surface area contributed by atoms with E-state index in [2.05, 4.69) is 0 Å². The van der Waals surface area contributed by atoms with Crippen LogP contribution in [0.3, 0.4) is 0 Å². The number of rotatable bonds is 6. The number of hydrogen-bond donors (Lipinski definition) is 1. The van der Waals surface area contributed by atoms with Crippen LogP contribution in [0.2, 0.25) is 0 Å². The van der Waals surface area contributed by atoms with Crippen LogP contribution in [0.1, 0.15) is 57.8 Å². The zero-order valence-corrected chi connectivity index (χ0v) is 13.9. The quantitative estimate of drug-likeness (QED) is 0.814. The molecule has 0 amide bonds. The second-order valence-corrected chi connectivity index (χ2v) is 8.44. The first-order chi connectivity index (χ1) is 9.92. The van der Waals surface area contributed by atoms with Crippen LogP contribution in [0.4, 0.5) is 0 Å². The summed E-state index contributed by atoms with van der Waals surface area (Å²) in [5, 5.41) is 5.30. The summed E-state index contributed by atoms with van der Waals surface area (Å²) in [6.45, 7) is 0.518. The number of methoxy groups -OCH3 is 1. The summed E-state index contributed by atoms with van der Waals surface area (Å²) in [5.74, 6) is 0.0560. The van der Waals surface area contributed by atoms with Crippen molar-refractivity contribution in [1.82, 2.24) is 0 Å². The molecule has 2 unspecified atom stereocenters. The van der Waals surface area contributed by atoms with E-state index in [1.54, 1.807) is 7.11 Å². The van der Waals surface area contributed by atoms with Gasteiger partial charge in [-0.2, -0.15) is 0 Å². The molecule has 0 aliphatic heterocycles. The molecular weight excluding hydrogens is 290 g/mol. The Morgan fingerprint density at radius 3 is 2.38 bits per heavy atom. The average molecular weight is 319 g/mol. The van der Waals surface area contributed by atoms with Gasteiger partial charge in [0, 0.05) is 12.5 Å². The van der Waals surface area contributed by atoms with Crippen LogP contribution in [-0.2, 0) is 19.5 Å². The highest BCUT2D eigenvalue weighted by Crippen LogP contribution is 2.38. The molecule has 0 bridgehead atoms. The summed E-state index contributed by atoms with van der Waals surface area (Å²) in [7, 11) is -1.71. The van der Waals surface area contributed by atoms with E-state index in [9.17, 15) is 8.42 Å². The van der Waals surface area contributed by atoms with Crippen molar-refractivity contribution in [3.05, 3.63) is 0 Å². The maximum absolute atomic E-state index is 11.6.